The Morgan fingerprint density at radius 2 is 1.33 bits per heavy atom. The van der Waals surface area contributed by atoms with Crippen molar-refractivity contribution in [1.29, 1.82) is 0 Å². The zero-order valence-electron chi connectivity index (χ0n) is 11.4. The SMILES string of the molecule is CC(=O)C(C(=O)c1ccccc1)S(=O)(=O)c1ccccc1. The zero-order chi connectivity index (χ0) is 15.5. The molecular formula is C16H14O4S. The van der Waals surface area contributed by atoms with E-state index in [1.54, 1.807) is 36.4 Å². The first-order chi connectivity index (χ1) is 9.94. The van der Waals surface area contributed by atoms with E-state index in [1.165, 1.54) is 24.3 Å². The fourth-order valence-corrected chi connectivity index (χ4v) is 3.71. The molecule has 0 aliphatic rings. The van der Waals surface area contributed by atoms with Crippen molar-refractivity contribution in [1.82, 2.24) is 0 Å². The van der Waals surface area contributed by atoms with Gasteiger partial charge in [-0.1, -0.05) is 48.5 Å². The van der Waals surface area contributed by atoms with Crippen molar-refractivity contribution in [2.24, 2.45) is 0 Å². The van der Waals surface area contributed by atoms with Gasteiger partial charge in [0.15, 0.2) is 26.7 Å². The second-order valence-corrected chi connectivity index (χ2v) is 6.61. The van der Waals surface area contributed by atoms with Gasteiger partial charge in [0.25, 0.3) is 0 Å². The molecule has 0 heterocycles. The van der Waals surface area contributed by atoms with Crippen LogP contribution in [0.2, 0.25) is 0 Å². The third kappa shape index (κ3) is 3.08. The minimum absolute atomic E-state index is 0.0329. The van der Waals surface area contributed by atoms with Crippen LogP contribution < -0.4 is 0 Å². The molecule has 0 saturated heterocycles. The molecule has 0 saturated carbocycles. The molecule has 5 heteroatoms. The summed E-state index contributed by atoms with van der Waals surface area (Å²) in [6.07, 6.45) is 0. The lowest BCUT2D eigenvalue weighted by Gasteiger charge is -2.14. The van der Waals surface area contributed by atoms with Gasteiger partial charge in [0.1, 0.15) is 0 Å². The van der Waals surface area contributed by atoms with E-state index in [2.05, 4.69) is 0 Å². The van der Waals surface area contributed by atoms with Gasteiger partial charge in [-0.25, -0.2) is 8.42 Å². The summed E-state index contributed by atoms with van der Waals surface area (Å²) in [5.41, 5.74) is 0.206. The summed E-state index contributed by atoms with van der Waals surface area (Å²) in [5, 5.41) is -1.71. The summed E-state index contributed by atoms with van der Waals surface area (Å²) in [7, 11) is -4.05. The number of carbonyl (C=O) groups is 2. The van der Waals surface area contributed by atoms with Crippen LogP contribution in [0, 0.1) is 0 Å². The van der Waals surface area contributed by atoms with Crippen LogP contribution in [0.3, 0.4) is 0 Å². The molecular weight excluding hydrogens is 288 g/mol. The van der Waals surface area contributed by atoms with Crippen LogP contribution in [0.5, 0.6) is 0 Å². The number of hydrogen-bond acceptors (Lipinski definition) is 4. The van der Waals surface area contributed by atoms with E-state index in [1.807, 2.05) is 0 Å². The molecule has 1 atom stereocenters. The number of Topliss-reactive ketones (excluding diaryl/α,β-unsaturated/α-hetero) is 2. The van der Waals surface area contributed by atoms with Crippen molar-refractivity contribution in [3.63, 3.8) is 0 Å². The van der Waals surface area contributed by atoms with Gasteiger partial charge < -0.3 is 0 Å². The van der Waals surface area contributed by atoms with Crippen LogP contribution in [-0.2, 0) is 14.6 Å². The quantitative estimate of drug-likeness (QED) is 0.628. The Balaban J connectivity index is 2.50. The average molecular weight is 302 g/mol. The fraction of sp³-hybridized carbons (Fsp3) is 0.125. The largest absolute Gasteiger partial charge is 0.298 e. The minimum Gasteiger partial charge on any atom is -0.298 e. The summed E-state index contributed by atoms with van der Waals surface area (Å²) in [5.74, 6) is -1.39. The van der Waals surface area contributed by atoms with Crippen LogP contribution in [0.15, 0.2) is 65.6 Å². The summed E-state index contributed by atoms with van der Waals surface area (Å²) in [6.45, 7) is 1.12. The summed E-state index contributed by atoms with van der Waals surface area (Å²) in [6, 6.07) is 15.5. The Morgan fingerprint density at radius 3 is 1.81 bits per heavy atom. The predicted octanol–water partition coefficient (Wildman–Crippen LogP) is 2.30. The Labute approximate surface area is 123 Å². The molecule has 4 nitrogen and oxygen atoms in total. The Hall–Kier alpha value is -2.27. The smallest absolute Gasteiger partial charge is 0.195 e. The molecule has 1 unspecified atom stereocenters. The molecule has 2 aromatic rings. The third-order valence-corrected chi connectivity index (χ3v) is 5.14. The average Bonchev–Trinajstić information content (AvgIpc) is 2.48. The van der Waals surface area contributed by atoms with Crippen LogP contribution in [0.1, 0.15) is 17.3 Å². The first kappa shape index (κ1) is 15.1. The van der Waals surface area contributed by atoms with E-state index in [4.69, 9.17) is 0 Å². The molecule has 0 aliphatic carbocycles. The molecule has 0 amide bonds. The fourth-order valence-electron chi connectivity index (χ4n) is 2.04. The van der Waals surface area contributed by atoms with Crippen molar-refractivity contribution in [3.8, 4) is 0 Å². The van der Waals surface area contributed by atoms with Crippen molar-refractivity contribution < 1.29 is 18.0 Å². The molecule has 108 valence electrons. The van der Waals surface area contributed by atoms with E-state index in [9.17, 15) is 18.0 Å². The van der Waals surface area contributed by atoms with Crippen molar-refractivity contribution in [3.05, 3.63) is 66.2 Å². The maximum atomic E-state index is 12.5. The highest BCUT2D eigenvalue weighted by atomic mass is 32.2. The molecule has 0 spiro atoms. The van der Waals surface area contributed by atoms with Crippen LogP contribution in [0.4, 0.5) is 0 Å². The number of carbonyl (C=O) groups excluding carboxylic acids is 2. The summed E-state index contributed by atoms with van der Waals surface area (Å²) < 4.78 is 25.1. The maximum Gasteiger partial charge on any atom is 0.195 e. The topological polar surface area (TPSA) is 68.3 Å². The summed E-state index contributed by atoms with van der Waals surface area (Å²) >= 11 is 0. The zero-order valence-corrected chi connectivity index (χ0v) is 12.2. The van der Waals surface area contributed by atoms with Gasteiger partial charge in [0.2, 0.25) is 0 Å². The van der Waals surface area contributed by atoms with Gasteiger partial charge >= 0.3 is 0 Å². The molecule has 0 bridgehead atoms. The minimum atomic E-state index is -4.05. The molecule has 0 radical (unpaired) electrons. The highest BCUT2D eigenvalue weighted by Gasteiger charge is 2.38. The lowest BCUT2D eigenvalue weighted by atomic mass is 10.1. The van der Waals surface area contributed by atoms with Gasteiger partial charge in [0.05, 0.1) is 4.90 Å². The number of benzene rings is 2. The van der Waals surface area contributed by atoms with Crippen LogP contribution in [-0.4, -0.2) is 25.2 Å². The van der Waals surface area contributed by atoms with Crippen LogP contribution >= 0.6 is 0 Å². The van der Waals surface area contributed by atoms with E-state index >= 15 is 0 Å². The van der Waals surface area contributed by atoms with Crippen molar-refractivity contribution >= 4 is 21.4 Å². The maximum absolute atomic E-state index is 12.5. The molecule has 2 rings (SSSR count). The lowest BCUT2D eigenvalue weighted by molar-refractivity contribution is -0.115. The number of hydrogen-bond donors (Lipinski definition) is 0. The Kier molecular flexibility index (Phi) is 4.33. The normalized spacial score (nSPS) is 12.6. The standard InChI is InChI=1S/C16H14O4S/c1-12(17)16(15(18)13-8-4-2-5-9-13)21(19,20)14-10-6-3-7-11-14/h2-11,16H,1H3. The van der Waals surface area contributed by atoms with Gasteiger partial charge in [-0.15, -0.1) is 0 Å². The number of ketones is 2. The first-order valence-corrected chi connectivity index (χ1v) is 7.88. The van der Waals surface area contributed by atoms with E-state index in [-0.39, 0.29) is 10.5 Å². The highest BCUT2D eigenvalue weighted by Crippen LogP contribution is 2.20. The molecule has 0 N–H and O–H groups in total. The monoisotopic (exact) mass is 302 g/mol. The van der Waals surface area contributed by atoms with Gasteiger partial charge in [-0.3, -0.25) is 9.59 Å². The molecule has 0 fully saturated rings. The van der Waals surface area contributed by atoms with E-state index in [0.717, 1.165) is 6.92 Å². The van der Waals surface area contributed by atoms with Crippen LogP contribution in [0.25, 0.3) is 0 Å². The second-order valence-electron chi connectivity index (χ2n) is 4.58. The van der Waals surface area contributed by atoms with E-state index in [0.29, 0.717) is 0 Å². The molecule has 0 aliphatic heterocycles. The summed E-state index contributed by atoms with van der Waals surface area (Å²) in [4.78, 5) is 24.2. The van der Waals surface area contributed by atoms with Gasteiger partial charge in [-0.2, -0.15) is 0 Å². The lowest BCUT2D eigenvalue weighted by Crippen LogP contribution is -2.36. The van der Waals surface area contributed by atoms with Gasteiger partial charge in [0, 0.05) is 5.56 Å². The number of sulfone groups is 1. The Morgan fingerprint density at radius 1 is 0.857 bits per heavy atom. The van der Waals surface area contributed by atoms with Crippen molar-refractivity contribution in [2.45, 2.75) is 17.1 Å². The molecule has 0 aromatic heterocycles. The third-order valence-electron chi connectivity index (χ3n) is 3.05. The highest BCUT2D eigenvalue weighted by molar-refractivity contribution is 7.93. The molecule has 2 aromatic carbocycles. The van der Waals surface area contributed by atoms with E-state index < -0.39 is 26.7 Å². The number of rotatable bonds is 5. The Bertz CT molecular complexity index is 749. The molecule has 21 heavy (non-hydrogen) atoms. The predicted molar refractivity (Wildman–Crippen MR) is 78.9 cm³/mol. The first-order valence-electron chi connectivity index (χ1n) is 6.33. The second kappa shape index (κ2) is 6.01. The van der Waals surface area contributed by atoms with Crippen molar-refractivity contribution in [2.75, 3.05) is 0 Å². The van der Waals surface area contributed by atoms with Gasteiger partial charge in [-0.05, 0) is 19.1 Å².